The van der Waals surface area contributed by atoms with E-state index in [1.807, 2.05) is 32.0 Å². The summed E-state index contributed by atoms with van der Waals surface area (Å²) in [6.07, 6.45) is -1.17. The van der Waals surface area contributed by atoms with Crippen molar-refractivity contribution in [3.05, 3.63) is 95.3 Å². The Kier molecular flexibility index (Phi) is 6.80. The number of carbonyl (C=O) groups is 2. The van der Waals surface area contributed by atoms with Crippen LogP contribution in [0.3, 0.4) is 0 Å². The van der Waals surface area contributed by atoms with Crippen molar-refractivity contribution < 1.29 is 23.5 Å². The molecule has 0 fully saturated rings. The molecule has 0 aromatic heterocycles. The minimum Gasteiger partial charge on any atom is -0.482 e. The lowest BCUT2D eigenvalue weighted by atomic mass is 10.1. The van der Waals surface area contributed by atoms with Gasteiger partial charge in [0, 0.05) is 11.3 Å². The number of hydrogen-bond acceptors (Lipinski definition) is 4. The van der Waals surface area contributed by atoms with Crippen LogP contribution in [0.25, 0.3) is 0 Å². The summed E-state index contributed by atoms with van der Waals surface area (Å²) in [6.45, 7) is 3.53. The maximum absolute atomic E-state index is 13.1. The van der Waals surface area contributed by atoms with Gasteiger partial charge < -0.3 is 14.8 Å². The summed E-state index contributed by atoms with van der Waals surface area (Å²) < 4.78 is 24.1. The molecular formula is C24H22FNO4. The Hall–Kier alpha value is -3.67. The quantitative estimate of drug-likeness (QED) is 0.575. The van der Waals surface area contributed by atoms with Crippen LogP contribution in [0.2, 0.25) is 0 Å². The molecule has 1 amide bonds. The van der Waals surface area contributed by atoms with Gasteiger partial charge in [-0.05, 0) is 61.4 Å². The first-order valence-corrected chi connectivity index (χ1v) is 9.42. The van der Waals surface area contributed by atoms with Gasteiger partial charge in [-0.25, -0.2) is 9.18 Å². The lowest BCUT2D eigenvalue weighted by Crippen LogP contribution is -2.28. The number of nitrogens with one attached hydrogen (secondary N) is 1. The molecule has 3 aromatic rings. The fraction of sp³-hybridized carbons (Fsp3) is 0.167. The highest BCUT2D eigenvalue weighted by atomic mass is 19.1. The first kappa shape index (κ1) is 21.0. The van der Waals surface area contributed by atoms with Crippen molar-refractivity contribution in [2.75, 3.05) is 11.9 Å². The van der Waals surface area contributed by atoms with Crippen molar-refractivity contribution in [2.45, 2.75) is 20.0 Å². The minimum absolute atomic E-state index is 0.337. The van der Waals surface area contributed by atoms with E-state index >= 15 is 0 Å². The largest absolute Gasteiger partial charge is 0.482 e. The van der Waals surface area contributed by atoms with Gasteiger partial charge in [0.05, 0.1) is 0 Å². The van der Waals surface area contributed by atoms with Gasteiger partial charge in [0.15, 0.2) is 6.61 Å². The van der Waals surface area contributed by atoms with Crippen LogP contribution in [-0.4, -0.2) is 18.5 Å². The summed E-state index contributed by atoms with van der Waals surface area (Å²) in [4.78, 5) is 25.2. The molecule has 1 N–H and O–H groups in total. The maximum atomic E-state index is 13.1. The first-order chi connectivity index (χ1) is 14.4. The molecule has 0 bridgehead atoms. The summed E-state index contributed by atoms with van der Waals surface area (Å²) in [5.41, 5.74) is 2.93. The molecule has 0 saturated carbocycles. The van der Waals surface area contributed by atoms with E-state index in [4.69, 9.17) is 9.47 Å². The van der Waals surface area contributed by atoms with E-state index < -0.39 is 23.8 Å². The molecule has 0 heterocycles. The number of benzene rings is 3. The highest BCUT2D eigenvalue weighted by Crippen LogP contribution is 2.21. The SMILES string of the molecule is Cc1cc(C)cc(OCC(=O)O[C@H](C(=O)Nc2ccc(F)cc2)c2ccccc2)c1. The molecule has 0 aliphatic carbocycles. The molecule has 0 unspecified atom stereocenters. The molecule has 3 aromatic carbocycles. The predicted molar refractivity (Wildman–Crippen MR) is 112 cm³/mol. The molecular weight excluding hydrogens is 385 g/mol. The number of hydrogen-bond donors (Lipinski definition) is 1. The van der Waals surface area contributed by atoms with Gasteiger partial charge in [-0.3, -0.25) is 4.79 Å². The smallest absolute Gasteiger partial charge is 0.345 e. The lowest BCUT2D eigenvalue weighted by Gasteiger charge is -2.18. The van der Waals surface area contributed by atoms with Gasteiger partial charge in [0.1, 0.15) is 11.6 Å². The highest BCUT2D eigenvalue weighted by Gasteiger charge is 2.25. The molecule has 0 aliphatic rings. The van der Waals surface area contributed by atoms with Gasteiger partial charge in [-0.15, -0.1) is 0 Å². The van der Waals surface area contributed by atoms with E-state index in [1.165, 1.54) is 24.3 Å². The number of carbonyl (C=O) groups excluding carboxylic acids is 2. The van der Waals surface area contributed by atoms with Gasteiger partial charge in [-0.1, -0.05) is 36.4 Å². The minimum atomic E-state index is -1.17. The molecule has 0 aliphatic heterocycles. The molecule has 0 saturated heterocycles. The van der Waals surface area contributed by atoms with Gasteiger partial charge in [0.25, 0.3) is 5.91 Å². The Morgan fingerprint density at radius 3 is 2.20 bits per heavy atom. The Morgan fingerprint density at radius 2 is 1.57 bits per heavy atom. The van der Waals surface area contributed by atoms with Crippen molar-refractivity contribution in [1.29, 1.82) is 0 Å². The summed E-state index contributed by atoms with van der Waals surface area (Å²) >= 11 is 0. The molecule has 0 spiro atoms. The second-order valence-electron chi connectivity index (χ2n) is 6.89. The number of ether oxygens (including phenoxy) is 2. The van der Waals surface area contributed by atoms with Crippen LogP contribution in [0.4, 0.5) is 10.1 Å². The molecule has 6 heteroatoms. The first-order valence-electron chi connectivity index (χ1n) is 9.42. The number of anilines is 1. The zero-order valence-corrected chi connectivity index (χ0v) is 16.7. The van der Waals surface area contributed by atoms with Crippen LogP contribution < -0.4 is 10.1 Å². The average Bonchev–Trinajstić information content (AvgIpc) is 2.72. The van der Waals surface area contributed by atoms with Crippen LogP contribution in [0.5, 0.6) is 5.75 Å². The van der Waals surface area contributed by atoms with E-state index in [1.54, 1.807) is 30.3 Å². The third-order valence-electron chi connectivity index (χ3n) is 4.25. The normalized spacial score (nSPS) is 11.4. The van der Waals surface area contributed by atoms with E-state index in [0.29, 0.717) is 17.0 Å². The fourth-order valence-corrected chi connectivity index (χ4v) is 2.97. The topological polar surface area (TPSA) is 64.6 Å². The van der Waals surface area contributed by atoms with E-state index in [2.05, 4.69) is 5.32 Å². The summed E-state index contributed by atoms with van der Waals surface area (Å²) in [7, 11) is 0. The molecule has 0 radical (unpaired) electrons. The second-order valence-corrected chi connectivity index (χ2v) is 6.89. The van der Waals surface area contributed by atoms with E-state index in [0.717, 1.165) is 11.1 Å². The second kappa shape index (κ2) is 9.69. The molecule has 5 nitrogen and oxygen atoms in total. The number of amides is 1. The van der Waals surface area contributed by atoms with E-state index in [-0.39, 0.29) is 6.61 Å². The van der Waals surface area contributed by atoms with Crippen LogP contribution >= 0.6 is 0 Å². The van der Waals surface area contributed by atoms with Crippen LogP contribution in [0.1, 0.15) is 22.8 Å². The highest BCUT2D eigenvalue weighted by molar-refractivity contribution is 5.96. The third kappa shape index (κ3) is 5.91. The zero-order valence-electron chi connectivity index (χ0n) is 16.7. The number of esters is 1. The van der Waals surface area contributed by atoms with Gasteiger partial charge in [-0.2, -0.15) is 0 Å². The monoisotopic (exact) mass is 407 g/mol. The Morgan fingerprint density at radius 1 is 0.933 bits per heavy atom. The van der Waals surface area contributed by atoms with Crippen molar-refractivity contribution in [3.8, 4) is 5.75 Å². The standard InChI is InChI=1S/C24H22FNO4/c1-16-12-17(2)14-21(13-16)29-15-22(27)30-23(18-6-4-3-5-7-18)24(28)26-20-10-8-19(25)9-11-20/h3-14,23H,15H2,1-2H3,(H,26,28)/t23-/m0/s1. The Bertz CT molecular complexity index is 999. The number of halogens is 1. The maximum Gasteiger partial charge on any atom is 0.345 e. The molecule has 30 heavy (non-hydrogen) atoms. The number of rotatable bonds is 7. The van der Waals surface area contributed by atoms with Crippen molar-refractivity contribution in [3.63, 3.8) is 0 Å². The molecule has 3 rings (SSSR count). The Labute approximate surface area is 174 Å². The van der Waals surface area contributed by atoms with Gasteiger partial charge in [0.2, 0.25) is 6.10 Å². The molecule has 1 atom stereocenters. The summed E-state index contributed by atoms with van der Waals surface area (Å²) in [6, 6.07) is 19.6. The van der Waals surface area contributed by atoms with Gasteiger partial charge >= 0.3 is 5.97 Å². The fourth-order valence-electron chi connectivity index (χ4n) is 2.97. The zero-order chi connectivity index (χ0) is 21.5. The number of aryl methyl sites for hydroxylation is 2. The predicted octanol–water partition coefficient (Wildman–Crippen LogP) is 4.74. The van der Waals surface area contributed by atoms with Crippen molar-refractivity contribution in [2.24, 2.45) is 0 Å². The van der Waals surface area contributed by atoms with Crippen LogP contribution in [0, 0.1) is 19.7 Å². The Balaban J connectivity index is 1.69. The van der Waals surface area contributed by atoms with Crippen molar-refractivity contribution in [1.82, 2.24) is 0 Å². The van der Waals surface area contributed by atoms with Crippen molar-refractivity contribution >= 4 is 17.6 Å². The lowest BCUT2D eigenvalue weighted by molar-refractivity contribution is -0.156. The van der Waals surface area contributed by atoms with Crippen LogP contribution in [-0.2, 0) is 14.3 Å². The summed E-state index contributed by atoms with van der Waals surface area (Å²) in [5.74, 6) is -1.09. The average molecular weight is 407 g/mol. The third-order valence-corrected chi connectivity index (χ3v) is 4.25. The summed E-state index contributed by atoms with van der Waals surface area (Å²) in [5, 5.41) is 2.64. The van der Waals surface area contributed by atoms with E-state index in [9.17, 15) is 14.0 Å². The van der Waals surface area contributed by atoms with Crippen LogP contribution in [0.15, 0.2) is 72.8 Å². The molecule has 154 valence electrons.